The van der Waals surface area contributed by atoms with E-state index in [4.69, 9.17) is 0 Å². The van der Waals surface area contributed by atoms with Crippen molar-refractivity contribution in [3.05, 3.63) is 0 Å². The molecule has 1 aliphatic carbocycles. The van der Waals surface area contributed by atoms with Gasteiger partial charge in [0, 0.05) is 44.7 Å². The molecule has 0 aromatic heterocycles. The van der Waals surface area contributed by atoms with E-state index in [1.807, 2.05) is 0 Å². The number of hydrogen-bond donors (Lipinski definition) is 1. The molecule has 1 atom stereocenters. The lowest BCUT2D eigenvalue weighted by molar-refractivity contribution is -0.131. The molecule has 2 saturated heterocycles. The minimum absolute atomic E-state index is 0.358. The molecular formula is C14H25N3O. The second-order valence-corrected chi connectivity index (χ2v) is 6.00. The zero-order valence-corrected chi connectivity index (χ0v) is 11.2. The minimum atomic E-state index is 0.358. The summed E-state index contributed by atoms with van der Waals surface area (Å²) in [6.07, 6.45) is 7.03. The lowest BCUT2D eigenvalue weighted by Crippen LogP contribution is -2.40. The summed E-state index contributed by atoms with van der Waals surface area (Å²) in [5.41, 5.74) is 0. The van der Waals surface area contributed by atoms with Gasteiger partial charge in [-0.3, -0.25) is 9.69 Å². The van der Waals surface area contributed by atoms with Crippen molar-refractivity contribution >= 4 is 5.91 Å². The zero-order chi connectivity index (χ0) is 12.4. The molecule has 1 unspecified atom stereocenters. The summed E-state index contributed by atoms with van der Waals surface area (Å²) in [5.74, 6) is 0.358. The number of amides is 1. The molecule has 0 spiro atoms. The van der Waals surface area contributed by atoms with E-state index < -0.39 is 0 Å². The predicted octanol–water partition coefficient (Wildman–Crippen LogP) is 0.825. The van der Waals surface area contributed by atoms with Crippen LogP contribution in [0.1, 0.15) is 38.5 Å². The normalized spacial score (nSPS) is 29.1. The van der Waals surface area contributed by atoms with Gasteiger partial charge in [0.2, 0.25) is 5.91 Å². The van der Waals surface area contributed by atoms with Crippen molar-refractivity contribution in [3.8, 4) is 0 Å². The highest BCUT2D eigenvalue weighted by atomic mass is 16.2. The van der Waals surface area contributed by atoms with Crippen LogP contribution in [0.3, 0.4) is 0 Å². The topological polar surface area (TPSA) is 35.6 Å². The molecule has 0 aromatic rings. The summed E-state index contributed by atoms with van der Waals surface area (Å²) in [7, 11) is 0. The van der Waals surface area contributed by atoms with Crippen molar-refractivity contribution in [1.82, 2.24) is 15.1 Å². The third-order valence-corrected chi connectivity index (χ3v) is 4.51. The Hall–Kier alpha value is -0.610. The van der Waals surface area contributed by atoms with E-state index in [1.54, 1.807) is 0 Å². The molecule has 0 bridgehead atoms. The molecule has 102 valence electrons. The molecule has 18 heavy (non-hydrogen) atoms. The van der Waals surface area contributed by atoms with E-state index in [0.717, 1.165) is 26.1 Å². The van der Waals surface area contributed by atoms with E-state index in [1.165, 1.54) is 38.8 Å². The van der Waals surface area contributed by atoms with Crippen molar-refractivity contribution in [2.45, 2.75) is 50.6 Å². The minimum Gasteiger partial charge on any atom is -0.341 e. The molecule has 1 N–H and O–H groups in total. The fourth-order valence-corrected chi connectivity index (χ4v) is 3.26. The lowest BCUT2D eigenvalue weighted by Gasteiger charge is -2.25. The van der Waals surface area contributed by atoms with Crippen molar-refractivity contribution in [2.75, 3.05) is 32.7 Å². The number of fused-ring (bicyclic) bond motifs is 1. The molecule has 1 saturated carbocycles. The van der Waals surface area contributed by atoms with Gasteiger partial charge in [0.25, 0.3) is 0 Å². The molecule has 3 aliphatic rings. The second-order valence-electron chi connectivity index (χ2n) is 6.00. The molecule has 0 radical (unpaired) electrons. The van der Waals surface area contributed by atoms with Crippen LogP contribution in [0.4, 0.5) is 0 Å². The quantitative estimate of drug-likeness (QED) is 0.804. The van der Waals surface area contributed by atoms with Crippen LogP contribution in [0, 0.1) is 0 Å². The number of rotatable bonds is 4. The molecule has 1 amide bonds. The van der Waals surface area contributed by atoms with Gasteiger partial charge in [0.1, 0.15) is 0 Å². The van der Waals surface area contributed by atoms with Crippen LogP contribution in [0.25, 0.3) is 0 Å². The Kier molecular flexibility index (Phi) is 3.85. The van der Waals surface area contributed by atoms with Gasteiger partial charge >= 0.3 is 0 Å². The highest BCUT2D eigenvalue weighted by Crippen LogP contribution is 2.22. The van der Waals surface area contributed by atoms with Crippen LogP contribution in [0.5, 0.6) is 0 Å². The summed E-state index contributed by atoms with van der Waals surface area (Å²) < 4.78 is 0. The summed E-state index contributed by atoms with van der Waals surface area (Å²) in [6.45, 7) is 5.25. The van der Waals surface area contributed by atoms with Gasteiger partial charge in [-0.2, -0.15) is 0 Å². The van der Waals surface area contributed by atoms with E-state index in [-0.39, 0.29) is 0 Å². The van der Waals surface area contributed by atoms with Crippen LogP contribution in [-0.2, 0) is 4.79 Å². The Labute approximate surface area is 110 Å². The standard InChI is InChI=1S/C14H25N3O/c18-14(6-7-15-12-4-5-12)17-10-2-9-16-8-1-3-13(16)11-17/h12-13,15H,1-11H2. The number of carbonyl (C=O) groups excluding carboxylic acids is 1. The van der Waals surface area contributed by atoms with Gasteiger partial charge in [-0.25, -0.2) is 0 Å². The van der Waals surface area contributed by atoms with Crippen LogP contribution in [0.15, 0.2) is 0 Å². The summed E-state index contributed by atoms with van der Waals surface area (Å²) in [4.78, 5) is 16.9. The largest absolute Gasteiger partial charge is 0.341 e. The zero-order valence-electron chi connectivity index (χ0n) is 11.2. The van der Waals surface area contributed by atoms with Crippen LogP contribution < -0.4 is 5.32 Å². The Morgan fingerprint density at radius 1 is 1.11 bits per heavy atom. The maximum Gasteiger partial charge on any atom is 0.223 e. The van der Waals surface area contributed by atoms with Gasteiger partial charge in [0.15, 0.2) is 0 Å². The SMILES string of the molecule is O=C(CCNC1CC1)N1CCCN2CCCC2C1. The number of nitrogens with zero attached hydrogens (tertiary/aromatic N) is 2. The molecule has 0 aromatic carbocycles. The molecule has 3 rings (SSSR count). The van der Waals surface area contributed by atoms with E-state index in [2.05, 4.69) is 15.1 Å². The first-order chi connectivity index (χ1) is 8.83. The maximum atomic E-state index is 12.2. The maximum absolute atomic E-state index is 12.2. The fourth-order valence-electron chi connectivity index (χ4n) is 3.26. The first-order valence-corrected chi connectivity index (χ1v) is 7.58. The highest BCUT2D eigenvalue weighted by Gasteiger charge is 2.30. The first kappa shape index (κ1) is 12.4. The van der Waals surface area contributed by atoms with Crippen molar-refractivity contribution in [1.29, 1.82) is 0 Å². The fraction of sp³-hybridized carbons (Fsp3) is 0.929. The third-order valence-electron chi connectivity index (χ3n) is 4.51. The summed E-state index contributed by atoms with van der Waals surface area (Å²) in [5, 5.41) is 3.43. The molecule has 2 aliphatic heterocycles. The van der Waals surface area contributed by atoms with Gasteiger partial charge < -0.3 is 10.2 Å². The van der Waals surface area contributed by atoms with Crippen LogP contribution in [0.2, 0.25) is 0 Å². The molecular weight excluding hydrogens is 226 g/mol. The average molecular weight is 251 g/mol. The Morgan fingerprint density at radius 2 is 1.94 bits per heavy atom. The van der Waals surface area contributed by atoms with Gasteiger partial charge in [-0.05, 0) is 38.6 Å². The van der Waals surface area contributed by atoms with Crippen LogP contribution in [-0.4, -0.2) is 60.5 Å². The van der Waals surface area contributed by atoms with E-state index in [9.17, 15) is 4.79 Å². The summed E-state index contributed by atoms with van der Waals surface area (Å²) in [6, 6.07) is 1.36. The van der Waals surface area contributed by atoms with Crippen LogP contribution >= 0.6 is 0 Å². The van der Waals surface area contributed by atoms with E-state index >= 15 is 0 Å². The Balaban J connectivity index is 1.45. The van der Waals surface area contributed by atoms with Gasteiger partial charge in [-0.15, -0.1) is 0 Å². The Bertz CT molecular complexity index is 303. The molecule has 4 heteroatoms. The monoisotopic (exact) mass is 251 g/mol. The predicted molar refractivity (Wildman–Crippen MR) is 71.4 cm³/mol. The summed E-state index contributed by atoms with van der Waals surface area (Å²) >= 11 is 0. The lowest BCUT2D eigenvalue weighted by atomic mass is 10.2. The van der Waals surface area contributed by atoms with Crippen molar-refractivity contribution < 1.29 is 4.79 Å². The Morgan fingerprint density at radius 3 is 2.78 bits per heavy atom. The average Bonchev–Trinajstić information content (AvgIpc) is 3.13. The van der Waals surface area contributed by atoms with Crippen molar-refractivity contribution in [2.24, 2.45) is 0 Å². The second kappa shape index (κ2) is 5.57. The number of carbonyl (C=O) groups is 1. The van der Waals surface area contributed by atoms with Crippen molar-refractivity contribution in [3.63, 3.8) is 0 Å². The molecule has 2 heterocycles. The first-order valence-electron chi connectivity index (χ1n) is 7.58. The number of hydrogen-bond acceptors (Lipinski definition) is 3. The molecule has 4 nitrogen and oxygen atoms in total. The number of nitrogens with one attached hydrogen (secondary N) is 1. The van der Waals surface area contributed by atoms with E-state index in [0.29, 0.717) is 24.4 Å². The smallest absolute Gasteiger partial charge is 0.223 e. The van der Waals surface area contributed by atoms with Gasteiger partial charge in [0.05, 0.1) is 0 Å². The van der Waals surface area contributed by atoms with Gasteiger partial charge in [-0.1, -0.05) is 0 Å². The molecule has 3 fully saturated rings. The third kappa shape index (κ3) is 3.04. The highest BCUT2D eigenvalue weighted by molar-refractivity contribution is 5.76.